The number of amidine groups is 1. The average Bonchev–Trinajstić information content (AvgIpc) is 3.00. The predicted octanol–water partition coefficient (Wildman–Crippen LogP) is 2.04. The lowest BCUT2D eigenvalue weighted by atomic mass is 10.0. The monoisotopic (exact) mass is 272 g/mol. The van der Waals surface area contributed by atoms with Crippen molar-refractivity contribution in [3.05, 3.63) is 0 Å². The lowest BCUT2D eigenvalue weighted by Crippen LogP contribution is -2.40. The molecule has 0 unspecified atom stereocenters. The van der Waals surface area contributed by atoms with Crippen LogP contribution >= 0.6 is 11.8 Å². The Morgan fingerprint density at radius 1 is 1.28 bits per heavy atom. The smallest absolute Gasteiger partial charge is 0.157 e. The summed E-state index contributed by atoms with van der Waals surface area (Å²) in [6, 6.07) is 0. The molecule has 4 nitrogen and oxygen atoms in total. The number of nitrogens with zero attached hydrogens (tertiary/aromatic N) is 1. The van der Waals surface area contributed by atoms with Crippen LogP contribution in [0.2, 0.25) is 0 Å². The first-order valence-corrected chi connectivity index (χ1v) is 7.85. The number of hydrogen-bond acceptors (Lipinski definition) is 4. The molecule has 2 aliphatic rings. The van der Waals surface area contributed by atoms with Crippen molar-refractivity contribution in [2.75, 3.05) is 39.2 Å². The summed E-state index contributed by atoms with van der Waals surface area (Å²) in [6.45, 7) is 2.99. The van der Waals surface area contributed by atoms with Gasteiger partial charge in [-0.25, -0.2) is 0 Å². The summed E-state index contributed by atoms with van der Waals surface area (Å²) in [5.74, 6) is 1.20. The van der Waals surface area contributed by atoms with Crippen molar-refractivity contribution in [1.29, 1.82) is 0 Å². The maximum atomic E-state index is 5.41. The molecule has 1 saturated carbocycles. The van der Waals surface area contributed by atoms with Crippen LogP contribution in [0.4, 0.5) is 0 Å². The SMILES string of the molecule is COCCOCCCN=C1NC2(CCCC2)CS1. The van der Waals surface area contributed by atoms with E-state index in [0.29, 0.717) is 18.8 Å². The number of nitrogens with one attached hydrogen (secondary N) is 1. The van der Waals surface area contributed by atoms with Gasteiger partial charge in [-0.05, 0) is 19.3 Å². The second-order valence-electron chi connectivity index (χ2n) is 5.05. The van der Waals surface area contributed by atoms with E-state index in [4.69, 9.17) is 9.47 Å². The van der Waals surface area contributed by atoms with Crippen molar-refractivity contribution in [1.82, 2.24) is 5.32 Å². The Morgan fingerprint density at radius 3 is 2.89 bits per heavy atom. The van der Waals surface area contributed by atoms with Gasteiger partial charge in [0.05, 0.1) is 13.2 Å². The standard InChI is InChI=1S/C13H24N2O2S/c1-16-9-10-17-8-4-7-14-12-15-13(11-18-12)5-2-3-6-13/h2-11H2,1H3,(H,14,15). The molecule has 1 aliphatic carbocycles. The zero-order chi connectivity index (χ0) is 12.7. The average molecular weight is 272 g/mol. The molecule has 104 valence electrons. The molecule has 0 amide bonds. The van der Waals surface area contributed by atoms with Gasteiger partial charge in [-0.15, -0.1) is 0 Å². The highest BCUT2D eigenvalue weighted by molar-refractivity contribution is 8.14. The molecular weight excluding hydrogens is 248 g/mol. The maximum absolute atomic E-state index is 5.41. The van der Waals surface area contributed by atoms with Gasteiger partial charge in [0, 0.05) is 31.6 Å². The van der Waals surface area contributed by atoms with Crippen molar-refractivity contribution in [2.45, 2.75) is 37.6 Å². The van der Waals surface area contributed by atoms with Crippen LogP contribution in [-0.4, -0.2) is 49.9 Å². The van der Waals surface area contributed by atoms with E-state index in [-0.39, 0.29) is 0 Å². The summed E-state index contributed by atoms with van der Waals surface area (Å²) in [6.07, 6.45) is 6.36. The fraction of sp³-hybridized carbons (Fsp3) is 0.923. The zero-order valence-electron chi connectivity index (χ0n) is 11.2. The van der Waals surface area contributed by atoms with E-state index in [1.165, 1.54) is 31.4 Å². The minimum atomic E-state index is 0.387. The number of thioether (sulfide) groups is 1. The molecule has 2 fully saturated rings. The van der Waals surface area contributed by atoms with E-state index in [1.807, 2.05) is 11.8 Å². The predicted molar refractivity (Wildman–Crippen MR) is 76.4 cm³/mol. The minimum absolute atomic E-state index is 0.387. The first-order chi connectivity index (χ1) is 8.85. The third kappa shape index (κ3) is 4.14. The molecule has 1 heterocycles. The van der Waals surface area contributed by atoms with E-state index >= 15 is 0 Å². The summed E-state index contributed by atoms with van der Waals surface area (Å²) in [4.78, 5) is 4.62. The molecule has 1 spiro atoms. The van der Waals surface area contributed by atoms with Gasteiger partial charge in [0.25, 0.3) is 0 Å². The highest BCUT2D eigenvalue weighted by atomic mass is 32.2. The Kier molecular flexibility index (Phi) is 5.79. The molecular formula is C13H24N2O2S. The molecule has 1 N–H and O–H groups in total. The van der Waals surface area contributed by atoms with Gasteiger partial charge in [-0.1, -0.05) is 24.6 Å². The van der Waals surface area contributed by atoms with Gasteiger partial charge in [0.1, 0.15) is 0 Å². The fourth-order valence-electron chi connectivity index (χ4n) is 2.50. The molecule has 0 atom stereocenters. The van der Waals surface area contributed by atoms with Gasteiger partial charge in [-0.2, -0.15) is 0 Å². The van der Waals surface area contributed by atoms with Crippen LogP contribution < -0.4 is 5.32 Å². The summed E-state index contributed by atoms with van der Waals surface area (Å²) in [5.41, 5.74) is 0.387. The lowest BCUT2D eigenvalue weighted by molar-refractivity contribution is 0.0702. The lowest BCUT2D eigenvalue weighted by Gasteiger charge is -2.21. The summed E-state index contributed by atoms with van der Waals surface area (Å²) in [5, 5.41) is 4.78. The number of rotatable bonds is 7. The molecule has 1 aliphatic heterocycles. The van der Waals surface area contributed by atoms with Crippen LogP contribution in [-0.2, 0) is 9.47 Å². The highest BCUT2D eigenvalue weighted by Gasteiger charge is 2.39. The van der Waals surface area contributed by atoms with Crippen LogP contribution in [0.5, 0.6) is 0 Å². The Hall–Kier alpha value is -0.260. The number of hydrogen-bond donors (Lipinski definition) is 1. The molecule has 2 rings (SSSR count). The van der Waals surface area contributed by atoms with Gasteiger partial charge in [-0.3, -0.25) is 4.99 Å². The molecule has 0 aromatic heterocycles. The first kappa shape index (κ1) is 14.2. The van der Waals surface area contributed by atoms with Crippen LogP contribution in [0.1, 0.15) is 32.1 Å². The van der Waals surface area contributed by atoms with E-state index in [9.17, 15) is 0 Å². The van der Waals surface area contributed by atoms with Gasteiger partial charge in [0.15, 0.2) is 5.17 Å². The van der Waals surface area contributed by atoms with E-state index < -0.39 is 0 Å². The van der Waals surface area contributed by atoms with E-state index in [0.717, 1.165) is 24.7 Å². The summed E-state index contributed by atoms with van der Waals surface area (Å²) >= 11 is 1.89. The molecule has 0 aromatic carbocycles. The number of ether oxygens (including phenoxy) is 2. The van der Waals surface area contributed by atoms with Crippen molar-refractivity contribution in [3.8, 4) is 0 Å². The number of methoxy groups -OCH3 is 1. The molecule has 0 radical (unpaired) electrons. The highest BCUT2D eigenvalue weighted by Crippen LogP contribution is 2.37. The minimum Gasteiger partial charge on any atom is -0.382 e. The third-order valence-electron chi connectivity index (χ3n) is 3.55. The normalized spacial score (nSPS) is 23.9. The van der Waals surface area contributed by atoms with E-state index in [2.05, 4.69) is 10.3 Å². The van der Waals surface area contributed by atoms with Crippen LogP contribution in [0.25, 0.3) is 0 Å². The largest absolute Gasteiger partial charge is 0.382 e. The molecule has 0 aromatic rings. The van der Waals surface area contributed by atoms with Crippen molar-refractivity contribution in [2.24, 2.45) is 4.99 Å². The summed E-state index contributed by atoms with van der Waals surface area (Å²) in [7, 11) is 1.69. The van der Waals surface area contributed by atoms with Gasteiger partial charge >= 0.3 is 0 Å². The van der Waals surface area contributed by atoms with Gasteiger partial charge in [0.2, 0.25) is 0 Å². The topological polar surface area (TPSA) is 42.9 Å². The second-order valence-corrected chi connectivity index (χ2v) is 6.01. The fourth-order valence-corrected chi connectivity index (χ4v) is 3.75. The quantitative estimate of drug-likeness (QED) is 0.720. The molecule has 0 bridgehead atoms. The second kappa shape index (κ2) is 7.36. The van der Waals surface area contributed by atoms with Crippen LogP contribution in [0.3, 0.4) is 0 Å². The molecule has 18 heavy (non-hydrogen) atoms. The zero-order valence-corrected chi connectivity index (χ0v) is 12.1. The van der Waals surface area contributed by atoms with Crippen LogP contribution in [0, 0.1) is 0 Å². The molecule has 5 heteroatoms. The molecule has 1 saturated heterocycles. The third-order valence-corrected chi connectivity index (χ3v) is 4.75. The Morgan fingerprint density at radius 2 is 2.11 bits per heavy atom. The van der Waals surface area contributed by atoms with Crippen LogP contribution in [0.15, 0.2) is 4.99 Å². The van der Waals surface area contributed by atoms with Gasteiger partial charge < -0.3 is 14.8 Å². The van der Waals surface area contributed by atoms with E-state index in [1.54, 1.807) is 7.11 Å². The summed E-state index contributed by atoms with van der Waals surface area (Å²) < 4.78 is 10.3. The maximum Gasteiger partial charge on any atom is 0.157 e. The number of aliphatic imine (C=N–C) groups is 1. The Labute approximate surface area is 114 Å². The Bertz CT molecular complexity index is 278. The first-order valence-electron chi connectivity index (χ1n) is 6.87. The Balaban J connectivity index is 1.57. The van der Waals surface area contributed by atoms with Crippen molar-refractivity contribution < 1.29 is 9.47 Å². The van der Waals surface area contributed by atoms with Crippen molar-refractivity contribution >= 4 is 16.9 Å². The van der Waals surface area contributed by atoms with Crippen molar-refractivity contribution in [3.63, 3.8) is 0 Å².